The first-order valence-electron chi connectivity index (χ1n) is 13.8. The second-order valence-corrected chi connectivity index (χ2v) is 12.3. The topological polar surface area (TPSA) is 229 Å². The lowest BCUT2D eigenvalue weighted by Crippen LogP contribution is -2.69. The Morgan fingerprint density at radius 3 is 2.36 bits per heavy atom. The van der Waals surface area contributed by atoms with E-state index < -0.39 is 66.8 Å². The summed E-state index contributed by atoms with van der Waals surface area (Å²) in [5.74, 6) is -0.313. The molecule has 0 aromatic rings. The standard InChI is InChI=1S/C25H50N6O8/c1-24(2,3)30-10-16(32)31-15-8-14(28)19(38-22-13(27)7-6-12(9-26)37-22)17(33)20(15)39-23-18(34)21(29-5)25(4,35)11-36-23/h12-15,17-23,29-30,33-35H,6-11,26-28H2,1-5H3,(H,31,32). The number of nitrogens with two attached hydrogens (primary N) is 3. The highest BCUT2D eigenvalue weighted by molar-refractivity contribution is 5.78. The molecule has 2 saturated heterocycles. The molecule has 3 aliphatic rings. The van der Waals surface area contributed by atoms with Crippen molar-refractivity contribution in [1.29, 1.82) is 0 Å². The molecule has 3 fully saturated rings. The molecular formula is C25H50N6O8. The van der Waals surface area contributed by atoms with Crippen LogP contribution in [0.2, 0.25) is 0 Å². The summed E-state index contributed by atoms with van der Waals surface area (Å²) in [4.78, 5) is 12.8. The second-order valence-electron chi connectivity index (χ2n) is 12.3. The Morgan fingerprint density at radius 2 is 1.74 bits per heavy atom. The third-order valence-electron chi connectivity index (χ3n) is 7.63. The highest BCUT2D eigenvalue weighted by Gasteiger charge is 2.51. The molecule has 39 heavy (non-hydrogen) atoms. The van der Waals surface area contributed by atoms with Gasteiger partial charge in [0.2, 0.25) is 5.91 Å². The molecular weight excluding hydrogens is 512 g/mol. The molecule has 12 atom stereocenters. The summed E-state index contributed by atoms with van der Waals surface area (Å²) < 4.78 is 23.8. The van der Waals surface area contributed by atoms with Crippen LogP contribution in [0.1, 0.15) is 47.0 Å². The molecule has 1 aliphatic carbocycles. The van der Waals surface area contributed by atoms with E-state index in [1.54, 1.807) is 14.0 Å². The average molecular weight is 563 g/mol. The normalized spacial score (nSPS) is 43.7. The molecule has 228 valence electrons. The van der Waals surface area contributed by atoms with Crippen LogP contribution >= 0.6 is 0 Å². The predicted octanol–water partition coefficient (Wildman–Crippen LogP) is -3.43. The van der Waals surface area contributed by atoms with Gasteiger partial charge in [-0.25, -0.2) is 0 Å². The Bertz CT molecular complexity index is 801. The molecule has 1 saturated carbocycles. The summed E-state index contributed by atoms with van der Waals surface area (Å²) in [6.45, 7) is 7.58. The fraction of sp³-hybridized carbons (Fsp3) is 0.960. The zero-order chi connectivity index (χ0) is 29.1. The number of aliphatic hydroxyl groups excluding tert-OH is 2. The quantitative estimate of drug-likeness (QED) is 0.133. The van der Waals surface area contributed by atoms with Crippen LogP contribution in [0.3, 0.4) is 0 Å². The van der Waals surface area contributed by atoms with Crippen molar-refractivity contribution in [2.45, 2.75) is 125 Å². The Labute approximate surface area is 230 Å². The van der Waals surface area contributed by atoms with Gasteiger partial charge in [0, 0.05) is 18.1 Å². The maximum atomic E-state index is 12.8. The van der Waals surface area contributed by atoms with Gasteiger partial charge in [0.1, 0.15) is 30.0 Å². The molecule has 14 heteroatoms. The van der Waals surface area contributed by atoms with E-state index >= 15 is 0 Å². The number of hydrogen-bond donors (Lipinski definition) is 9. The van der Waals surface area contributed by atoms with Crippen LogP contribution in [-0.2, 0) is 23.7 Å². The van der Waals surface area contributed by atoms with Crippen LogP contribution in [-0.4, -0.2) is 126 Å². The number of aliphatic hydroxyl groups is 3. The van der Waals surface area contributed by atoms with Crippen molar-refractivity contribution in [2.24, 2.45) is 17.2 Å². The van der Waals surface area contributed by atoms with Gasteiger partial charge in [0.15, 0.2) is 12.6 Å². The molecule has 14 nitrogen and oxygen atoms in total. The zero-order valence-electron chi connectivity index (χ0n) is 23.7. The third-order valence-corrected chi connectivity index (χ3v) is 7.63. The molecule has 2 heterocycles. The number of amides is 1. The summed E-state index contributed by atoms with van der Waals surface area (Å²) in [6, 6.07) is -2.63. The first kappa shape index (κ1) is 32.5. The summed E-state index contributed by atoms with van der Waals surface area (Å²) in [6.07, 6.45) is -5.37. The first-order valence-corrected chi connectivity index (χ1v) is 13.8. The largest absolute Gasteiger partial charge is 0.388 e. The minimum absolute atomic E-state index is 0.0382. The molecule has 2 aliphatic heterocycles. The molecule has 0 bridgehead atoms. The molecule has 3 rings (SSSR count). The third kappa shape index (κ3) is 8.27. The molecule has 0 aromatic carbocycles. The van der Waals surface area contributed by atoms with Crippen LogP contribution in [0.4, 0.5) is 0 Å². The average Bonchev–Trinajstić information content (AvgIpc) is 2.84. The number of rotatable bonds is 9. The molecule has 0 radical (unpaired) electrons. The molecule has 12 unspecified atom stereocenters. The van der Waals surface area contributed by atoms with Crippen molar-refractivity contribution in [1.82, 2.24) is 16.0 Å². The van der Waals surface area contributed by atoms with E-state index in [2.05, 4.69) is 16.0 Å². The fourth-order valence-corrected chi connectivity index (χ4v) is 5.40. The first-order chi connectivity index (χ1) is 18.2. The highest BCUT2D eigenvalue weighted by Crippen LogP contribution is 2.32. The number of nitrogens with one attached hydrogen (secondary N) is 3. The Morgan fingerprint density at radius 1 is 1.08 bits per heavy atom. The smallest absolute Gasteiger partial charge is 0.234 e. The number of likely N-dealkylation sites (N-methyl/N-ethyl adjacent to an activating group) is 1. The van der Waals surface area contributed by atoms with Gasteiger partial charge in [0.05, 0.1) is 37.4 Å². The SMILES string of the molecule is CNC1C(O)C(OC2C(NC(=O)CNC(C)(C)C)CC(N)C(OC3OC(CN)CCC3N)C2O)OCC1(C)O. The Hall–Kier alpha value is -1.01. The van der Waals surface area contributed by atoms with Crippen molar-refractivity contribution in [2.75, 3.05) is 26.7 Å². The predicted molar refractivity (Wildman–Crippen MR) is 142 cm³/mol. The summed E-state index contributed by atoms with van der Waals surface area (Å²) in [7, 11) is 1.61. The fourth-order valence-electron chi connectivity index (χ4n) is 5.40. The molecule has 1 amide bonds. The summed E-state index contributed by atoms with van der Waals surface area (Å²) in [5, 5.41) is 42.0. The van der Waals surface area contributed by atoms with E-state index in [9.17, 15) is 20.1 Å². The molecule has 12 N–H and O–H groups in total. The van der Waals surface area contributed by atoms with Crippen molar-refractivity contribution in [3.8, 4) is 0 Å². The van der Waals surface area contributed by atoms with E-state index in [0.717, 1.165) is 0 Å². The zero-order valence-corrected chi connectivity index (χ0v) is 23.7. The van der Waals surface area contributed by atoms with Crippen molar-refractivity contribution < 1.29 is 39.1 Å². The second kappa shape index (κ2) is 13.3. The summed E-state index contributed by atoms with van der Waals surface area (Å²) in [5.41, 5.74) is 16.8. The summed E-state index contributed by atoms with van der Waals surface area (Å²) >= 11 is 0. The highest BCUT2D eigenvalue weighted by atomic mass is 16.7. The maximum absolute atomic E-state index is 12.8. The van der Waals surface area contributed by atoms with Gasteiger partial charge in [-0.3, -0.25) is 4.79 Å². The number of carbonyl (C=O) groups excluding carboxylic acids is 1. The van der Waals surface area contributed by atoms with Gasteiger partial charge in [-0.15, -0.1) is 0 Å². The minimum atomic E-state index is -1.35. The van der Waals surface area contributed by atoms with E-state index in [1.165, 1.54) is 0 Å². The monoisotopic (exact) mass is 562 g/mol. The van der Waals surface area contributed by atoms with Crippen LogP contribution < -0.4 is 33.2 Å². The lowest BCUT2D eigenvalue weighted by molar-refractivity contribution is -0.307. The van der Waals surface area contributed by atoms with Crippen molar-refractivity contribution >= 4 is 5.91 Å². The Kier molecular flexibility index (Phi) is 11.1. The number of hydrogen-bond acceptors (Lipinski definition) is 13. The molecule has 0 spiro atoms. The number of carbonyl (C=O) groups is 1. The van der Waals surface area contributed by atoms with Gasteiger partial charge in [-0.2, -0.15) is 0 Å². The van der Waals surface area contributed by atoms with Crippen LogP contribution in [0, 0.1) is 0 Å². The van der Waals surface area contributed by atoms with Crippen LogP contribution in [0.5, 0.6) is 0 Å². The van der Waals surface area contributed by atoms with Crippen LogP contribution in [0.25, 0.3) is 0 Å². The van der Waals surface area contributed by atoms with Gasteiger partial charge >= 0.3 is 0 Å². The number of ether oxygens (including phenoxy) is 4. The maximum Gasteiger partial charge on any atom is 0.234 e. The van der Waals surface area contributed by atoms with Gasteiger partial charge in [-0.05, 0) is 54.0 Å². The van der Waals surface area contributed by atoms with E-state index in [-0.39, 0.29) is 37.1 Å². The van der Waals surface area contributed by atoms with Crippen LogP contribution in [0.15, 0.2) is 0 Å². The van der Waals surface area contributed by atoms with Gasteiger partial charge < -0.3 is 67.4 Å². The van der Waals surface area contributed by atoms with E-state index in [4.69, 9.17) is 36.1 Å². The van der Waals surface area contributed by atoms with E-state index in [0.29, 0.717) is 19.4 Å². The minimum Gasteiger partial charge on any atom is -0.388 e. The Balaban J connectivity index is 1.79. The lowest BCUT2D eigenvalue weighted by atomic mass is 9.83. The van der Waals surface area contributed by atoms with Gasteiger partial charge in [0.25, 0.3) is 0 Å². The van der Waals surface area contributed by atoms with Crippen molar-refractivity contribution in [3.05, 3.63) is 0 Å². The lowest BCUT2D eigenvalue weighted by Gasteiger charge is -2.49. The molecule has 0 aromatic heterocycles. The van der Waals surface area contributed by atoms with Gasteiger partial charge in [-0.1, -0.05) is 0 Å². The van der Waals surface area contributed by atoms with Crippen molar-refractivity contribution in [3.63, 3.8) is 0 Å². The van der Waals surface area contributed by atoms with E-state index in [1.807, 2.05) is 20.8 Å².